The van der Waals surface area contributed by atoms with Crippen LogP contribution in [0, 0.1) is 0 Å². The second-order valence-corrected chi connectivity index (χ2v) is 10.4. The number of fused-ring (bicyclic) bond motifs is 1. The monoisotopic (exact) mass is 498 g/mol. The van der Waals surface area contributed by atoms with E-state index < -0.39 is 16.1 Å². The Hall–Kier alpha value is -2.87. The third kappa shape index (κ3) is 5.60. The highest BCUT2D eigenvalue weighted by molar-refractivity contribution is 7.89. The molecular formula is C26H27ClN2O4S. The number of benzene rings is 3. The van der Waals surface area contributed by atoms with Gasteiger partial charge < -0.3 is 10.1 Å². The molecule has 8 heteroatoms. The number of carbonyl (C=O) groups is 1. The van der Waals surface area contributed by atoms with Gasteiger partial charge in [-0.3, -0.25) is 4.79 Å². The van der Waals surface area contributed by atoms with Crippen LogP contribution in [-0.2, 0) is 27.7 Å². The molecule has 1 aliphatic carbocycles. The van der Waals surface area contributed by atoms with Gasteiger partial charge in [0.05, 0.1) is 13.2 Å². The first-order chi connectivity index (χ1) is 16.4. The quantitative estimate of drug-likeness (QED) is 0.481. The van der Waals surface area contributed by atoms with Crippen molar-refractivity contribution in [2.45, 2.75) is 42.7 Å². The number of amides is 1. The third-order valence-corrected chi connectivity index (χ3v) is 7.73. The number of rotatable bonds is 8. The lowest BCUT2D eigenvalue weighted by Crippen LogP contribution is -2.49. The molecule has 0 spiro atoms. The number of hydrogen-bond donors (Lipinski definition) is 2. The van der Waals surface area contributed by atoms with Gasteiger partial charge in [-0.2, -0.15) is 4.72 Å². The number of nitrogens with one attached hydrogen (secondary N) is 2. The average molecular weight is 499 g/mol. The van der Waals surface area contributed by atoms with Crippen molar-refractivity contribution < 1.29 is 17.9 Å². The molecular weight excluding hydrogens is 472 g/mol. The number of halogens is 1. The molecule has 34 heavy (non-hydrogen) atoms. The number of ether oxygens (including phenoxy) is 1. The van der Waals surface area contributed by atoms with Crippen LogP contribution in [0.15, 0.2) is 77.7 Å². The zero-order chi connectivity index (χ0) is 24.1. The molecule has 6 nitrogen and oxygen atoms in total. The van der Waals surface area contributed by atoms with Crippen molar-refractivity contribution >= 4 is 27.5 Å². The lowest BCUT2D eigenvalue weighted by molar-refractivity contribution is -0.123. The Morgan fingerprint density at radius 2 is 1.82 bits per heavy atom. The van der Waals surface area contributed by atoms with Crippen LogP contribution in [0.25, 0.3) is 0 Å². The summed E-state index contributed by atoms with van der Waals surface area (Å²) in [5, 5.41) is 3.34. The van der Waals surface area contributed by atoms with Gasteiger partial charge in [0, 0.05) is 5.02 Å². The van der Waals surface area contributed by atoms with Crippen LogP contribution in [-0.4, -0.2) is 27.5 Å². The lowest BCUT2D eigenvalue weighted by atomic mass is 9.87. The van der Waals surface area contributed by atoms with Crippen LogP contribution < -0.4 is 14.8 Å². The minimum Gasteiger partial charge on any atom is -0.495 e. The molecule has 0 aliphatic heterocycles. The molecule has 0 bridgehead atoms. The molecule has 0 saturated heterocycles. The molecule has 1 amide bonds. The SMILES string of the molecule is COc1ccc(Cl)cc1S(=O)(=O)N[C@H](Cc1ccccc1)C(=O)N[C@@H]1CCCc2ccccc21. The van der Waals surface area contributed by atoms with E-state index in [9.17, 15) is 13.2 Å². The summed E-state index contributed by atoms with van der Waals surface area (Å²) in [6.07, 6.45) is 2.92. The van der Waals surface area contributed by atoms with Gasteiger partial charge in [-0.15, -0.1) is 0 Å². The van der Waals surface area contributed by atoms with E-state index in [1.165, 1.54) is 24.8 Å². The summed E-state index contributed by atoms with van der Waals surface area (Å²) in [5.41, 5.74) is 3.13. The van der Waals surface area contributed by atoms with E-state index in [2.05, 4.69) is 16.1 Å². The molecule has 0 saturated carbocycles. The van der Waals surface area contributed by atoms with Crippen molar-refractivity contribution in [3.05, 3.63) is 94.5 Å². The van der Waals surface area contributed by atoms with Crippen molar-refractivity contribution in [2.24, 2.45) is 0 Å². The van der Waals surface area contributed by atoms with Gasteiger partial charge in [0.25, 0.3) is 0 Å². The van der Waals surface area contributed by atoms with E-state index in [-0.39, 0.29) is 34.0 Å². The highest BCUT2D eigenvalue weighted by atomic mass is 35.5. The molecule has 1 aliphatic rings. The van der Waals surface area contributed by atoms with Crippen LogP contribution in [0.4, 0.5) is 0 Å². The predicted octanol–water partition coefficient (Wildman–Crippen LogP) is 4.43. The van der Waals surface area contributed by atoms with Gasteiger partial charge in [-0.1, -0.05) is 66.2 Å². The molecule has 0 radical (unpaired) electrons. The minimum atomic E-state index is -4.11. The van der Waals surface area contributed by atoms with E-state index in [0.29, 0.717) is 0 Å². The van der Waals surface area contributed by atoms with Gasteiger partial charge >= 0.3 is 0 Å². The molecule has 0 heterocycles. The second-order valence-electron chi connectivity index (χ2n) is 8.31. The summed E-state index contributed by atoms with van der Waals surface area (Å²) in [5.74, 6) is -0.230. The lowest BCUT2D eigenvalue weighted by Gasteiger charge is -2.28. The predicted molar refractivity (Wildman–Crippen MR) is 133 cm³/mol. The second kappa shape index (κ2) is 10.6. The zero-order valence-electron chi connectivity index (χ0n) is 18.8. The molecule has 3 aromatic rings. The van der Waals surface area contributed by atoms with Crippen molar-refractivity contribution in [1.82, 2.24) is 10.0 Å². The number of sulfonamides is 1. The Morgan fingerprint density at radius 3 is 2.59 bits per heavy atom. The first-order valence-corrected chi connectivity index (χ1v) is 13.0. The highest BCUT2D eigenvalue weighted by Gasteiger charge is 2.31. The maximum absolute atomic E-state index is 13.5. The topological polar surface area (TPSA) is 84.5 Å². The first-order valence-electron chi connectivity index (χ1n) is 11.2. The summed E-state index contributed by atoms with van der Waals surface area (Å²) >= 11 is 6.06. The largest absolute Gasteiger partial charge is 0.495 e. The van der Waals surface area contributed by atoms with Crippen LogP contribution in [0.1, 0.15) is 35.6 Å². The summed E-state index contributed by atoms with van der Waals surface area (Å²) in [6.45, 7) is 0. The fourth-order valence-electron chi connectivity index (χ4n) is 4.33. The molecule has 0 unspecified atom stereocenters. The van der Waals surface area contributed by atoms with Gasteiger partial charge in [-0.05, 0) is 60.6 Å². The fraction of sp³-hybridized carbons (Fsp3) is 0.269. The Morgan fingerprint density at radius 1 is 1.09 bits per heavy atom. The third-order valence-electron chi connectivity index (χ3n) is 6.00. The van der Waals surface area contributed by atoms with Crippen LogP contribution in [0.5, 0.6) is 5.75 Å². The Bertz CT molecular complexity index is 1260. The Kier molecular flexibility index (Phi) is 7.56. The summed E-state index contributed by atoms with van der Waals surface area (Å²) in [6, 6.07) is 20.5. The van der Waals surface area contributed by atoms with Gasteiger partial charge in [-0.25, -0.2) is 8.42 Å². The Labute approximate surface area is 205 Å². The standard InChI is InChI=1S/C26H27ClN2O4S/c1-33-24-15-14-20(27)17-25(24)34(31,32)29-23(16-18-8-3-2-4-9-18)26(30)28-22-13-7-11-19-10-5-6-12-21(19)22/h2-6,8-10,12,14-15,17,22-23,29H,7,11,13,16H2,1H3,(H,28,30)/t22-,23-/m1/s1. The minimum absolute atomic E-state index is 0.114. The van der Waals surface area contributed by atoms with Crippen LogP contribution >= 0.6 is 11.6 Å². The molecule has 2 N–H and O–H groups in total. The molecule has 2 atom stereocenters. The molecule has 0 fully saturated rings. The van der Waals surface area contributed by atoms with Crippen molar-refractivity contribution in [3.8, 4) is 5.75 Å². The normalized spacial score (nSPS) is 16.4. The van der Waals surface area contributed by atoms with Crippen molar-refractivity contribution in [1.29, 1.82) is 0 Å². The van der Waals surface area contributed by atoms with E-state index in [1.807, 2.05) is 48.5 Å². The van der Waals surface area contributed by atoms with Crippen LogP contribution in [0.2, 0.25) is 5.02 Å². The number of methoxy groups -OCH3 is 1. The van der Waals surface area contributed by atoms with Crippen LogP contribution in [0.3, 0.4) is 0 Å². The zero-order valence-corrected chi connectivity index (χ0v) is 20.4. The fourth-order valence-corrected chi connectivity index (χ4v) is 5.95. The smallest absolute Gasteiger partial charge is 0.245 e. The maximum Gasteiger partial charge on any atom is 0.245 e. The number of hydrogen-bond acceptors (Lipinski definition) is 4. The van der Waals surface area contributed by atoms with Gasteiger partial charge in [0.1, 0.15) is 16.7 Å². The van der Waals surface area contributed by atoms with Crippen molar-refractivity contribution in [2.75, 3.05) is 7.11 Å². The van der Waals surface area contributed by atoms with E-state index in [0.717, 1.165) is 30.4 Å². The van der Waals surface area contributed by atoms with E-state index >= 15 is 0 Å². The number of aryl methyl sites for hydroxylation is 1. The van der Waals surface area contributed by atoms with E-state index in [1.54, 1.807) is 6.07 Å². The Balaban J connectivity index is 1.62. The molecule has 0 aromatic heterocycles. The maximum atomic E-state index is 13.5. The average Bonchev–Trinajstić information content (AvgIpc) is 2.84. The first kappa shape index (κ1) is 24.3. The molecule has 178 valence electrons. The van der Waals surface area contributed by atoms with Crippen molar-refractivity contribution in [3.63, 3.8) is 0 Å². The summed E-state index contributed by atoms with van der Waals surface area (Å²) < 4.78 is 34.5. The summed E-state index contributed by atoms with van der Waals surface area (Å²) in [4.78, 5) is 13.3. The number of carbonyl (C=O) groups excluding carboxylic acids is 1. The summed E-state index contributed by atoms with van der Waals surface area (Å²) in [7, 11) is -2.73. The van der Waals surface area contributed by atoms with Gasteiger partial charge in [0.2, 0.25) is 15.9 Å². The van der Waals surface area contributed by atoms with Gasteiger partial charge in [0.15, 0.2) is 0 Å². The highest BCUT2D eigenvalue weighted by Crippen LogP contribution is 2.30. The van der Waals surface area contributed by atoms with E-state index in [4.69, 9.17) is 16.3 Å². The molecule has 3 aromatic carbocycles. The molecule has 4 rings (SSSR count).